The lowest BCUT2D eigenvalue weighted by Gasteiger charge is -2.08. The smallest absolute Gasteiger partial charge is 0.213 e. The number of rotatable bonds is 7. The number of thioether (sulfide) groups is 1. The molecule has 1 N–H and O–H groups in total. The fourth-order valence-electron chi connectivity index (χ4n) is 1.55. The van der Waals surface area contributed by atoms with E-state index in [0.717, 1.165) is 11.8 Å². The molecule has 1 heterocycles. The van der Waals surface area contributed by atoms with E-state index in [1.807, 2.05) is 0 Å². The zero-order valence-electron chi connectivity index (χ0n) is 11.9. The SMILES string of the molecule is Cc1nc(S/C(=C\c2ccc(OCC(=O)[O-])cc2)C(=O)[O-])n[nH]1. The minimum Gasteiger partial charge on any atom is -0.546 e. The maximum Gasteiger partial charge on any atom is 0.213 e. The Labute approximate surface area is 135 Å². The first kappa shape index (κ1) is 16.6. The lowest BCUT2D eigenvalue weighted by Crippen LogP contribution is -2.28. The number of benzene rings is 1. The number of hydrogen-bond acceptors (Lipinski definition) is 8. The van der Waals surface area contributed by atoms with Gasteiger partial charge in [0.1, 0.15) is 18.2 Å². The average Bonchev–Trinajstić information content (AvgIpc) is 2.91. The summed E-state index contributed by atoms with van der Waals surface area (Å²) in [6, 6.07) is 6.20. The Balaban J connectivity index is 2.12. The van der Waals surface area contributed by atoms with Crippen LogP contribution in [-0.2, 0) is 9.59 Å². The molecule has 0 saturated carbocycles. The number of carboxylic acids is 2. The van der Waals surface area contributed by atoms with Crippen molar-refractivity contribution in [2.75, 3.05) is 6.61 Å². The van der Waals surface area contributed by atoms with Crippen molar-refractivity contribution in [2.45, 2.75) is 12.1 Å². The van der Waals surface area contributed by atoms with Crippen LogP contribution in [0.15, 0.2) is 34.3 Å². The highest BCUT2D eigenvalue weighted by Gasteiger charge is 2.07. The normalized spacial score (nSPS) is 11.3. The maximum absolute atomic E-state index is 11.2. The van der Waals surface area contributed by atoms with E-state index in [4.69, 9.17) is 4.74 Å². The number of aromatic nitrogens is 3. The summed E-state index contributed by atoms with van der Waals surface area (Å²) in [5, 5.41) is 28.2. The fraction of sp³-hybridized carbons (Fsp3) is 0.143. The minimum absolute atomic E-state index is 0.0626. The third kappa shape index (κ3) is 5.15. The first-order valence-electron chi connectivity index (χ1n) is 6.36. The summed E-state index contributed by atoms with van der Waals surface area (Å²) in [4.78, 5) is 25.4. The number of carbonyl (C=O) groups is 2. The third-order valence-corrected chi connectivity index (χ3v) is 3.38. The molecule has 0 aliphatic heterocycles. The minimum atomic E-state index is -1.35. The van der Waals surface area contributed by atoms with Gasteiger partial charge < -0.3 is 24.5 Å². The van der Waals surface area contributed by atoms with Gasteiger partial charge in [-0.1, -0.05) is 12.1 Å². The van der Waals surface area contributed by atoms with Gasteiger partial charge >= 0.3 is 0 Å². The summed E-state index contributed by atoms with van der Waals surface area (Å²) >= 11 is 0.859. The van der Waals surface area contributed by atoms with E-state index in [-0.39, 0.29) is 10.1 Å². The predicted octanol–water partition coefficient (Wildman–Crippen LogP) is -0.875. The van der Waals surface area contributed by atoms with E-state index in [1.165, 1.54) is 18.2 Å². The molecule has 0 amide bonds. The topological polar surface area (TPSA) is 131 Å². The van der Waals surface area contributed by atoms with Crippen LogP contribution in [0.1, 0.15) is 11.4 Å². The van der Waals surface area contributed by atoms with E-state index < -0.39 is 18.5 Å². The molecule has 23 heavy (non-hydrogen) atoms. The lowest BCUT2D eigenvalue weighted by molar-refractivity contribution is -0.307. The van der Waals surface area contributed by atoms with Gasteiger partial charge in [0, 0.05) is 4.91 Å². The van der Waals surface area contributed by atoms with Gasteiger partial charge in [-0.25, -0.2) is 4.98 Å². The number of hydrogen-bond donors (Lipinski definition) is 1. The van der Waals surface area contributed by atoms with Crippen LogP contribution in [-0.4, -0.2) is 33.7 Å². The molecular weight excluding hydrogens is 322 g/mol. The Hall–Kier alpha value is -2.81. The van der Waals surface area contributed by atoms with E-state index >= 15 is 0 Å². The van der Waals surface area contributed by atoms with Crippen molar-refractivity contribution in [3.05, 3.63) is 40.6 Å². The number of aromatic amines is 1. The first-order valence-corrected chi connectivity index (χ1v) is 7.18. The van der Waals surface area contributed by atoms with Crippen LogP contribution >= 0.6 is 11.8 Å². The Morgan fingerprint density at radius 3 is 2.52 bits per heavy atom. The standard InChI is InChI=1S/C14H13N3O5S/c1-8-15-14(17-16-8)23-11(13(20)21)6-9-2-4-10(5-3-9)22-7-12(18)19/h2-6H,7H2,1H3,(H,18,19)(H,20,21)(H,15,16,17)/p-2/b11-6-. The molecule has 0 unspecified atom stereocenters. The molecule has 9 heteroatoms. The predicted molar refractivity (Wildman–Crippen MR) is 76.9 cm³/mol. The molecule has 2 rings (SSSR count). The van der Waals surface area contributed by atoms with E-state index in [0.29, 0.717) is 17.1 Å². The summed E-state index contributed by atoms with van der Waals surface area (Å²) in [6.07, 6.45) is 1.40. The molecule has 0 bridgehead atoms. The van der Waals surface area contributed by atoms with E-state index in [2.05, 4.69) is 15.2 Å². The van der Waals surface area contributed by atoms with Gasteiger partial charge in [-0.05, 0) is 42.5 Å². The molecule has 0 saturated heterocycles. The molecule has 1 aromatic carbocycles. The number of nitrogens with one attached hydrogen (secondary N) is 1. The molecule has 120 valence electrons. The zero-order chi connectivity index (χ0) is 16.8. The molecule has 0 aliphatic rings. The Morgan fingerprint density at radius 1 is 1.30 bits per heavy atom. The Kier molecular flexibility index (Phi) is 5.36. The van der Waals surface area contributed by atoms with E-state index in [1.54, 1.807) is 19.1 Å². The van der Waals surface area contributed by atoms with Crippen molar-refractivity contribution in [3.8, 4) is 5.75 Å². The molecular formula is C14H11N3O5S-2. The van der Waals surface area contributed by atoms with Crippen molar-refractivity contribution in [1.82, 2.24) is 15.2 Å². The fourth-order valence-corrected chi connectivity index (χ4v) is 2.30. The Bertz CT molecular complexity index is 739. The second-order valence-corrected chi connectivity index (χ2v) is 5.34. The molecule has 0 radical (unpaired) electrons. The van der Waals surface area contributed by atoms with Gasteiger partial charge in [-0.2, -0.15) is 0 Å². The number of H-pyrrole nitrogens is 1. The molecule has 0 spiro atoms. The molecule has 0 atom stereocenters. The van der Waals surface area contributed by atoms with Crippen molar-refractivity contribution < 1.29 is 24.5 Å². The Morgan fingerprint density at radius 2 is 2.00 bits per heavy atom. The molecule has 1 aromatic heterocycles. The quantitative estimate of drug-likeness (QED) is 0.511. The average molecular weight is 333 g/mol. The largest absolute Gasteiger partial charge is 0.546 e. The van der Waals surface area contributed by atoms with Crippen molar-refractivity contribution in [3.63, 3.8) is 0 Å². The number of nitrogens with zero attached hydrogens (tertiary/aromatic N) is 2. The van der Waals surface area contributed by atoms with Crippen LogP contribution in [0, 0.1) is 6.92 Å². The lowest BCUT2D eigenvalue weighted by atomic mass is 10.2. The van der Waals surface area contributed by atoms with Gasteiger partial charge in [0.15, 0.2) is 0 Å². The molecule has 0 aliphatic carbocycles. The first-order chi connectivity index (χ1) is 10.9. The molecule has 0 fully saturated rings. The third-order valence-electron chi connectivity index (χ3n) is 2.51. The highest BCUT2D eigenvalue weighted by atomic mass is 32.2. The monoisotopic (exact) mass is 333 g/mol. The maximum atomic E-state index is 11.2. The molecule has 2 aromatic rings. The molecule has 8 nitrogen and oxygen atoms in total. The number of aryl methyl sites for hydroxylation is 1. The summed E-state index contributed by atoms with van der Waals surface area (Å²) < 4.78 is 4.93. The van der Waals surface area contributed by atoms with Crippen molar-refractivity contribution in [1.29, 1.82) is 0 Å². The van der Waals surface area contributed by atoms with Gasteiger partial charge in [-0.15, -0.1) is 5.10 Å². The summed E-state index contributed by atoms with van der Waals surface area (Å²) in [7, 11) is 0. The zero-order valence-corrected chi connectivity index (χ0v) is 12.8. The highest BCUT2D eigenvalue weighted by Crippen LogP contribution is 2.25. The van der Waals surface area contributed by atoms with Crippen LogP contribution in [0.5, 0.6) is 5.75 Å². The van der Waals surface area contributed by atoms with Crippen molar-refractivity contribution >= 4 is 29.8 Å². The number of carbonyl (C=O) groups excluding carboxylic acids is 2. The second-order valence-electron chi connectivity index (χ2n) is 4.33. The van der Waals surface area contributed by atoms with Crippen LogP contribution in [0.2, 0.25) is 0 Å². The highest BCUT2D eigenvalue weighted by molar-refractivity contribution is 8.04. The van der Waals surface area contributed by atoms with Gasteiger partial charge in [0.25, 0.3) is 0 Å². The number of carboxylic acid groups (broad SMARTS) is 2. The second kappa shape index (κ2) is 7.45. The van der Waals surface area contributed by atoms with Gasteiger partial charge in [0.2, 0.25) is 5.16 Å². The summed E-state index contributed by atoms with van der Waals surface area (Å²) in [5.74, 6) is -1.78. The van der Waals surface area contributed by atoms with Crippen LogP contribution < -0.4 is 14.9 Å². The van der Waals surface area contributed by atoms with Crippen molar-refractivity contribution in [2.24, 2.45) is 0 Å². The summed E-state index contributed by atoms with van der Waals surface area (Å²) in [5.41, 5.74) is 0.574. The van der Waals surface area contributed by atoms with E-state index in [9.17, 15) is 19.8 Å². The van der Waals surface area contributed by atoms with Crippen LogP contribution in [0.25, 0.3) is 6.08 Å². The van der Waals surface area contributed by atoms with Gasteiger partial charge in [-0.3, -0.25) is 5.10 Å². The van der Waals surface area contributed by atoms with Gasteiger partial charge in [0.05, 0.1) is 11.9 Å². The number of aliphatic carboxylic acids is 2. The number of ether oxygens (including phenoxy) is 1. The van der Waals surface area contributed by atoms with Crippen LogP contribution in [0.4, 0.5) is 0 Å². The van der Waals surface area contributed by atoms with Crippen LogP contribution in [0.3, 0.4) is 0 Å². The summed E-state index contributed by atoms with van der Waals surface area (Å²) in [6.45, 7) is 1.14.